The molecule has 0 amide bonds. The van der Waals surface area contributed by atoms with Gasteiger partial charge < -0.3 is 20.6 Å². The molecule has 0 saturated carbocycles. The fourth-order valence-corrected chi connectivity index (χ4v) is 0. The molecule has 4 N–H and O–H groups in total. The Morgan fingerprint density at radius 3 is 1.00 bits per heavy atom. The molecule has 7 heteroatoms. The minimum absolute atomic E-state index is 0. The van der Waals surface area contributed by atoms with Crippen molar-refractivity contribution in [3.05, 3.63) is 0 Å². The number of rotatable bonds is 0. The van der Waals surface area contributed by atoms with Gasteiger partial charge in [0.2, 0.25) is 0 Å². The van der Waals surface area contributed by atoms with Crippen molar-refractivity contribution in [2.24, 2.45) is 0 Å². The predicted molar refractivity (Wildman–Crippen MR) is 15.7 cm³/mol. The molecule has 4 nitrogen and oxygen atoms in total. The molecule has 0 aromatic rings. The van der Waals surface area contributed by atoms with Crippen LogP contribution in [0.15, 0.2) is 0 Å². The van der Waals surface area contributed by atoms with Crippen molar-refractivity contribution in [1.29, 1.82) is 0 Å². The zero-order valence-corrected chi connectivity index (χ0v) is 5.53. The number of hydrogen-bond acceptors (Lipinski definition) is 4. The van der Waals surface area contributed by atoms with E-state index >= 15 is 0 Å². The zero-order chi connectivity index (χ0) is 4.50. The van der Waals surface area contributed by atoms with Gasteiger partial charge in [0.05, 0.1) is 0 Å². The van der Waals surface area contributed by atoms with E-state index in [-0.39, 0.29) is 37.4 Å². The number of hydrogen-bond donors (Lipinski definition) is 4. The molecule has 0 heterocycles. The second-order valence-corrected chi connectivity index (χ2v) is 1.80. The maximum absolute atomic E-state index is 7.33. The third kappa shape index (κ3) is 139. The van der Waals surface area contributed by atoms with Gasteiger partial charge in [0.1, 0.15) is 0 Å². The van der Waals surface area contributed by atoms with Crippen molar-refractivity contribution in [3.63, 3.8) is 0 Å². The summed E-state index contributed by atoms with van der Waals surface area (Å²) < 4.78 is 0. The van der Waals surface area contributed by atoms with E-state index in [9.17, 15) is 0 Å². The molecule has 0 aromatic carbocycles. The third-order valence-corrected chi connectivity index (χ3v) is 0. The van der Waals surface area contributed by atoms with Crippen molar-refractivity contribution in [1.82, 2.24) is 0 Å². The molecule has 0 spiro atoms. The average Bonchev–Trinajstić information content (AvgIpc) is 0.722. The molecule has 7 heavy (non-hydrogen) atoms. The Bertz CT molecular complexity index is 31.5. The van der Waals surface area contributed by atoms with Crippen LogP contribution < -0.4 is 18.9 Å². The van der Waals surface area contributed by atoms with Crippen LogP contribution in [0.5, 0.6) is 0 Å². The van der Waals surface area contributed by atoms with Crippen LogP contribution in [0, 0.1) is 0 Å². The van der Waals surface area contributed by atoms with Gasteiger partial charge in [-0.15, -0.1) is 0 Å². The third-order valence-electron chi connectivity index (χ3n) is 0. The van der Waals surface area contributed by atoms with Gasteiger partial charge in [0.15, 0.2) is 0 Å². The van der Waals surface area contributed by atoms with Crippen molar-refractivity contribution in [2.75, 3.05) is 0 Å². The first-order valence-electron chi connectivity index (χ1n) is 0.894. The van der Waals surface area contributed by atoms with Crippen LogP contribution in [0.3, 0.4) is 0 Å². The Kier molecular flexibility index (Phi) is 11.9. The van der Waals surface area contributed by atoms with Crippen molar-refractivity contribution < 1.29 is 56.5 Å². The molecule has 0 aromatic heterocycles. The van der Waals surface area contributed by atoms with Crippen molar-refractivity contribution in [2.45, 2.75) is 0 Å². The topological polar surface area (TPSA) is 80.9 Å². The van der Waals surface area contributed by atoms with Crippen LogP contribution in [0.4, 0.5) is 0 Å². The summed E-state index contributed by atoms with van der Waals surface area (Å²) >= 11 is 0. The molecule has 0 aliphatic rings. The molecule has 45 valence electrons. The molecule has 0 fully saturated rings. The van der Waals surface area contributed by atoms with Gasteiger partial charge >= 0.3 is 27.9 Å². The smallest absolute Gasteiger partial charge is 1.00 e. The maximum atomic E-state index is 7.33. The minimum Gasteiger partial charge on any atom is -1.00 e. The largest absolute Gasteiger partial charge is 1.00 e. The SMILES string of the molecule is O[Si](O)(O)O.[Cu].[H-].[Li+]. The van der Waals surface area contributed by atoms with Crippen LogP contribution in [0.25, 0.3) is 0 Å². The first-order valence-corrected chi connectivity index (χ1v) is 2.68. The van der Waals surface area contributed by atoms with Gasteiger partial charge in [0, 0.05) is 17.1 Å². The van der Waals surface area contributed by atoms with Crippen LogP contribution in [-0.2, 0) is 17.1 Å². The first kappa shape index (κ1) is 15.7. The van der Waals surface area contributed by atoms with E-state index in [1.54, 1.807) is 0 Å². The zero-order valence-electron chi connectivity index (χ0n) is 4.59. The van der Waals surface area contributed by atoms with Crippen molar-refractivity contribution in [3.8, 4) is 0 Å². The van der Waals surface area contributed by atoms with E-state index in [0.717, 1.165) is 0 Å². The molecular weight excluding hydrogens is 163 g/mol. The fourth-order valence-electron chi connectivity index (χ4n) is 0. The first-order chi connectivity index (χ1) is 2.00. The second-order valence-electron chi connectivity index (χ2n) is 0.600. The van der Waals surface area contributed by atoms with E-state index < -0.39 is 9.05 Å². The summed E-state index contributed by atoms with van der Waals surface area (Å²) in [7, 11) is -4.61. The molecule has 0 atom stereocenters. The molecule has 0 saturated heterocycles. The van der Waals surface area contributed by atoms with Gasteiger partial charge in [-0.2, -0.15) is 0 Å². The van der Waals surface area contributed by atoms with E-state index in [4.69, 9.17) is 19.2 Å². The standard InChI is InChI=1S/Cu.Li.H4O4Si.H/c;;1-5(2,3)4;/h;;1-4H;/q;+1;;-1. The van der Waals surface area contributed by atoms with E-state index in [0.29, 0.717) is 0 Å². The van der Waals surface area contributed by atoms with Gasteiger partial charge in [-0.1, -0.05) is 0 Å². The van der Waals surface area contributed by atoms with Crippen LogP contribution in [-0.4, -0.2) is 28.2 Å². The summed E-state index contributed by atoms with van der Waals surface area (Å²) in [6.45, 7) is 0. The summed E-state index contributed by atoms with van der Waals surface area (Å²) in [6, 6.07) is 0. The van der Waals surface area contributed by atoms with Gasteiger partial charge in [0.25, 0.3) is 0 Å². The average molecular weight is 168 g/mol. The summed E-state index contributed by atoms with van der Waals surface area (Å²) in [4.78, 5) is 29.3. The molecule has 0 aliphatic carbocycles. The summed E-state index contributed by atoms with van der Waals surface area (Å²) in [5.74, 6) is 0. The molecule has 0 bridgehead atoms. The van der Waals surface area contributed by atoms with Gasteiger partial charge in [-0.25, -0.2) is 0 Å². The monoisotopic (exact) mass is 167 g/mol. The van der Waals surface area contributed by atoms with Crippen LogP contribution in [0.2, 0.25) is 0 Å². The summed E-state index contributed by atoms with van der Waals surface area (Å²) in [5, 5.41) is 0. The van der Waals surface area contributed by atoms with E-state index in [1.165, 1.54) is 0 Å². The molecular formula is H5CuLiO4Si. The van der Waals surface area contributed by atoms with Gasteiger partial charge in [-0.3, -0.25) is 0 Å². The fraction of sp³-hybridized carbons (Fsp3) is 0. The predicted octanol–water partition coefficient (Wildman–Crippen LogP) is -5.49. The van der Waals surface area contributed by atoms with Crippen LogP contribution in [0.1, 0.15) is 1.43 Å². The Morgan fingerprint density at radius 2 is 1.00 bits per heavy atom. The normalized spacial score (nSPS) is 8.57. The second kappa shape index (κ2) is 5.31. The Balaban J connectivity index is -0.0000000267. The maximum Gasteiger partial charge on any atom is 1.00 e. The van der Waals surface area contributed by atoms with E-state index in [2.05, 4.69) is 0 Å². The molecule has 1 radical (unpaired) electrons. The van der Waals surface area contributed by atoms with Crippen LogP contribution >= 0.6 is 0 Å². The Hall–Kier alpha value is 1.17. The van der Waals surface area contributed by atoms with E-state index in [1.807, 2.05) is 0 Å². The quantitative estimate of drug-likeness (QED) is 0.272. The minimum atomic E-state index is -4.61. The molecule has 0 aliphatic heterocycles. The van der Waals surface area contributed by atoms with Gasteiger partial charge in [-0.05, 0) is 0 Å². The van der Waals surface area contributed by atoms with Crippen molar-refractivity contribution >= 4 is 9.05 Å². The Morgan fingerprint density at radius 1 is 1.00 bits per heavy atom. The molecule has 0 unspecified atom stereocenters. The Labute approximate surface area is 65.8 Å². The summed E-state index contributed by atoms with van der Waals surface area (Å²) in [5.41, 5.74) is 0. The summed E-state index contributed by atoms with van der Waals surface area (Å²) in [6.07, 6.45) is 0. The molecule has 0 rings (SSSR count).